The van der Waals surface area contributed by atoms with E-state index in [0.717, 1.165) is 6.54 Å². The Morgan fingerprint density at radius 2 is 1.94 bits per heavy atom. The number of hydrogen-bond donors (Lipinski definition) is 1. The molecule has 1 aromatic rings. The van der Waals surface area contributed by atoms with E-state index in [4.69, 9.17) is 0 Å². The van der Waals surface area contributed by atoms with Crippen molar-refractivity contribution in [2.45, 2.75) is 33.1 Å². The second kappa shape index (κ2) is 5.31. The molecule has 1 saturated heterocycles. The first kappa shape index (κ1) is 11.4. The molecular weight excluding hydrogens is 194 g/mol. The molecule has 1 nitrogen and oxygen atoms in total. The predicted octanol–water partition coefficient (Wildman–Crippen LogP) is 3.46. The highest BCUT2D eigenvalue weighted by atomic mass is 14.8. The van der Waals surface area contributed by atoms with Crippen LogP contribution in [0.5, 0.6) is 0 Å². The van der Waals surface area contributed by atoms with E-state index >= 15 is 0 Å². The Hall–Kier alpha value is -1.08. The minimum absolute atomic E-state index is 1.14. The average molecular weight is 215 g/mol. The minimum atomic E-state index is 1.14. The Kier molecular flexibility index (Phi) is 3.79. The molecule has 1 heteroatoms. The summed E-state index contributed by atoms with van der Waals surface area (Å²) in [6.45, 7) is 6.66. The van der Waals surface area contributed by atoms with Gasteiger partial charge in [0.1, 0.15) is 0 Å². The van der Waals surface area contributed by atoms with E-state index in [1.807, 2.05) is 0 Å². The van der Waals surface area contributed by atoms with Crippen LogP contribution in [0.1, 0.15) is 36.0 Å². The summed E-state index contributed by atoms with van der Waals surface area (Å²) in [5.41, 5.74) is 5.72. The largest absolute Gasteiger partial charge is 0.316 e. The zero-order chi connectivity index (χ0) is 11.4. The van der Waals surface area contributed by atoms with Crippen LogP contribution >= 0.6 is 0 Å². The van der Waals surface area contributed by atoms with Gasteiger partial charge in [0.15, 0.2) is 0 Å². The molecule has 0 saturated carbocycles. The van der Waals surface area contributed by atoms with Gasteiger partial charge in [0.2, 0.25) is 0 Å². The molecule has 1 heterocycles. The summed E-state index contributed by atoms with van der Waals surface area (Å²) >= 11 is 0. The zero-order valence-corrected chi connectivity index (χ0v) is 10.3. The van der Waals surface area contributed by atoms with Gasteiger partial charge < -0.3 is 5.32 Å². The normalized spacial score (nSPS) is 19.8. The van der Waals surface area contributed by atoms with Crippen molar-refractivity contribution < 1.29 is 0 Å². The van der Waals surface area contributed by atoms with Crippen LogP contribution in [-0.4, -0.2) is 13.1 Å². The van der Waals surface area contributed by atoms with E-state index in [9.17, 15) is 0 Å². The monoisotopic (exact) mass is 215 g/mol. The lowest BCUT2D eigenvalue weighted by Gasteiger charge is -2.05. The lowest BCUT2D eigenvalue weighted by molar-refractivity contribution is 0.703. The SMILES string of the molecule is Cc1ccc(/C=C2/CCCNCC2)cc1C. The van der Waals surface area contributed by atoms with E-state index < -0.39 is 0 Å². The summed E-state index contributed by atoms with van der Waals surface area (Å²) in [5, 5.41) is 3.44. The quantitative estimate of drug-likeness (QED) is 0.756. The van der Waals surface area contributed by atoms with Crippen LogP contribution in [-0.2, 0) is 0 Å². The van der Waals surface area contributed by atoms with E-state index in [1.54, 1.807) is 5.57 Å². The van der Waals surface area contributed by atoms with E-state index in [1.165, 1.54) is 42.5 Å². The number of nitrogens with one attached hydrogen (secondary N) is 1. The van der Waals surface area contributed by atoms with Gasteiger partial charge in [-0.15, -0.1) is 0 Å². The molecule has 0 spiro atoms. The van der Waals surface area contributed by atoms with Gasteiger partial charge in [0.05, 0.1) is 0 Å². The van der Waals surface area contributed by atoms with Crippen LogP contribution in [0.15, 0.2) is 23.8 Å². The zero-order valence-electron chi connectivity index (χ0n) is 10.3. The van der Waals surface area contributed by atoms with Gasteiger partial charge in [0.25, 0.3) is 0 Å². The molecule has 1 aromatic carbocycles. The molecular formula is C15H21N. The number of rotatable bonds is 1. The van der Waals surface area contributed by atoms with E-state index in [2.05, 4.69) is 43.4 Å². The molecule has 0 aromatic heterocycles. The fourth-order valence-electron chi connectivity index (χ4n) is 2.17. The van der Waals surface area contributed by atoms with Gasteiger partial charge in [-0.05, 0) is 62.9 Å². The molecule has 0 aliphatic carbocycles. The number of aryl methyl sites for hydroxylation is 2. The Labute approximate surface area is 98.6 Å². The summed E-state index contributed by atoms with van der Waals surface area (Å²) in [6, 6.07) is 6.74. The highest BCUT2D eigenvalue weighted by Crippen LogP contribution is 2.18. The summed E-state index contributed by atoms with van der Waals surface area (Å²) in [6.07, 6.45) is 6.10. The third-order valence-electron chi connectivity index (χ3n) is 3.38. The first-order valence-corrected chi connectivity index (χ1v) is 6.23. The minimum Gasteiger partial charge on any atom is -0.316 e. The molecule has 0 bridgehead atoms. The first-order valence-electron chi connectivity index (χ1n) is 6.23. The Morgan fingerprint density at radius 3 is 2.75 bits per heavy atom. The molecule has 0 atom stereocenters. The first-order chi connectivity index (χ1) is 7.75. The van der Waals surface area contributed by atoms with Crippen molar-refractivity contribution in [2.75, 3.05) is 13.1 Å². The molecule has 0 radical (unpaired) electrons. The molecule has 1 aliphatic rings. The predicted molar refractivity (Wildman–Crippen MR) is 70.6 cm³/mol. The van der Waals surface area contributed by atoms with E-state index in [0.29, 0.717) is 0 Å². The topological polar surface area (TPSA) is 12.0 Å². The van der Waals surface area contributed by atoms with Gasteiger partial charge >= 0.3 is 0 Å². The highest BCUT2D eigenvalue weighted by molar-refractivity contribution is 5.54. The molecule has 1 aliphatic heterocycles. The summed E-state index contributed by atoms with van der Waals surface area (Å²) in [4.78, 5) is 0. The summed E-state index contributed by atoms with van der Waals surface area (Å²) in [7, 11) is 0. The molecule has 16 heavy (non-hydrogen) atoms. The Bertz CT molecular complexity index is 380. The second-order valence-electron chi connectivity index (χ2n) is 4.75. The molecule has 1 fully saturated rings. The van der Waals surface area contributed by atoms with Crippen molar-refractivity contribution in [2.24, 2.45) is 0 Å². The Morgan fingerprint density at radius 1 is 1.06 bits per heavy atom. The van der Waals surface area contributed by atoms with Crippen molar-refractivity contribution in [1.82, 2.24) is 5.32 Å². The fourth-order valence-corrected chi connectivity index (χ4v) is 2.17. The van der Waals surface area contributed by atoms with Crippen LogP contribution in [0.4, 0.5) is 0 Å². The van der Waals surface area contributed by atoms with Crippen LogP contribution in [0.2, 0.25) is 0 Å². The smallest absolute Gasteiger partial charge is 0.00115 e. The molecule has 1 N–H and O–H groups in total. The van der Waals surface area contributed by atoms with Crippen molar-refractivity contribution in [3.05, 3.63) is 40.5 Å². The van der Waals surface area contributed by atoms with Gasteiger partial charge in [0, 0.05) is 0 Å². The molecule has 0 unspecified atom stereocenters. The van der Waals surface area contributed by atoms with Crippen LogP contribution < -0.4 is 5.32 Å². The van der Waals surface area contributed by atoms with Gasteiger partial charge in [-0.2, -0.15) is 0 Å². The van der Waals surface area contributed by atoms with Crippen molar-refractivity contribution in [1.29, 1.82) is 0 Å². The maximum absolute atomic E-state index is 3.44. The summed E-state index contributed by atoms with van der Waals surface area (Å²) in [5.74, 6) is 0. The van der Waals surface area contributed by atoms with Gasteiger partial charge in [-0.1, -0.05) is 29.8 Å². The van der Waals surface area contributed by atoms with Crippen LogP contribution in [0, 0.1) is 13.8 Å². The molecule has 0 amide bonds. The maximum Gasteiger partial charge on any atom is -0.00115 e. The second-order valence-corrected chi connectivity index (χ2v) is 4.75. The standard InChI is InChI=1S/C15H21N/c1-12-5-6-15(10-13(12)2)11-14-4-3-8-16-9-7-14/h5-6,10-11,16H,3-4,7-9H2,1-2H3/b14-11-. The summed E-state index contributed by atoms with van der Waals surface area (Å²) < 4.78 is 0. The number of benzene rings is 1. The molecule has 2 rings (SSSR count). The maximum atomic E-state index is 3.44. The lowest BCUT2D eigenvalue weighted by atomic mass is 10.0. The molecule has 86 valence electrons. The van der Waals surface area contributed by atoms with Crippen LogP contribution in [0.3, 0.4) is 0 Å². The van der Waals surface area contributed by atoms with Crippen molar-refractivity contribution in [3.63, 3.8) is 0 Å². The fraction of sp³-hybridized carbons (Fsp3) is 0.467. The van der Waals surface area contributed by atoms with E-state index in [-0.39, 0.29) is 0 Å². The van der Waals surface area contributed by atoms with Gasteiger partial charge in [-0.25, -0.2) is 0 Å². The Balaban J connectivity index is 2.17. The number of hydrogen-bond acceptors (Lipinski definition) is 1. The third kappa shape index (κ3) is 2.96. The van der Waals surface area contributed by atoms with Crippen molar-refractivity contribution >= 4 is 6.08 Å². The average Bonchev–Trinajstić information content (AvgIpc) is 2.52. The van der Waals surface area contributed by atoms with Gasteiger partial charge in [-0.3, -0.25) is 0 Å². The third-order valence-corrected chi connectivity index (χ3v) is 3.38. The highest BCUT2D eigenvalue weighted by Gasteiger charge is 2.03. The van der Waals surface area contributed by atoms with Crippen LogP contribution in [0.25, 0.3) is 6.08 Å². The van der Waals surface area contributed by atoms with Crippen molar-refractivity contribution in [3.8, 4) is 0 Å². The lowest BCUT2D eigenvalue weighted by Crippen LogP contribution is -2.13.